The fraction of sp³-hybridized carbons (Fsp3) is 0.200. The zero-order valence-electron chi connectivity index (χ0n) is 17.9. The number of carbonyl (C=O) groups is 1. The number of hydrogen-bond acceptors (Lipinski definition) is 6. The highest BCUT2D eigenvalue weighted by Crippen LogP contribution is 2.27. The molecule has 4 rings (SSSR count). The summed E-state index contributed by atoms with van der Waals surface area (Å²) in [5.41, 5.74) is 2.98. The number of carbonyl (C=O) groups excluding carboxylic acids is 1. The number of ether oxygens (including phenoxy) is 2. The molecular formula is C25H24N2O3S2. The first-order valence-corrected chi connectivity index (χ1v) is 12.1. The minimum Gasteiger partial charge on any atom is -0.497 e. The smallest absolute Gasteiger partial charge is 0.230 e. The molecule has 32 heavy (non-hydrogen) atoms. The Kier molecular flexibility index (Phi) is 7.29. The first kappa shape index (κ1) is 22.2. The number of nitrogens with zero attached hydrogens (tertiary/aromatic N) is 1. The maximum Gasteiger partial charge on any atom is 0.230 e. The second-order valence-electron chi connectivity index (χ2n) is 7.11. The number of fused-ring (bicyclic) bond motifs is 1. The summed E-state index contributed by atoms with van der Waals surface area (Å²) in [6, 6.07) is 23.3. The lowest BCUT2D eigenvalue weighted by Crippen LogP contribution is -2.30. The fourth-order valence-corrected chi connectivity index (χ4v) is 5.23. The van der Waals surface area contributed by atoms with Crippen molar-refractivity contribution in [3.63, 3.8) is 0 Å². The van der Waals surface area contributed by atoms with Gasteiger partial charge >= 0.3 is 0 Å². The number of amides is 1. The molecule has 3 aromatic carbocycles. The maximum absolute atomic E-state index is 12.8. The Balaban J connectivity index is 1.43. The summed E-state index contributed by atoms with van der Waals surface area (Å²) in [4.78, 5) is 17.5. The van der Waals surface area contributed by atoms with E-state index < -0.39 is 0 Å². The van der Waals surface area contributed by atoms with Gasteiger partial charge in [-0.2, -0.15) is 0 Å². The van der Waals surface area contributed by atoms with Crippen molar-refractivity contribution >= 4 is 39.2 Å². The van der Waals surface area contributed by atoms with E-state index in [0.717, 1.165) is 33.2 Å². The summed E-state index contributed by atoms with van der Waals surface area (Å²) in [5.74, 6) is 2.61. The minimum absolute atomic E-state index is 0.0206. The van der Waals surface area contributed by atoms with Crippen LogP contribution in [0, 0.1) is 0 Å². The van der Waals surface area contributed by atoms with Crippen LogP contribution in [0.5, 0.6) is 11.5 Å². The van der Waals surface area contributed by atoms with Crippen LogP contribution in [-0.2, 0) is 10.5 Å². The quantitative estimate of drug-likeness (QED) is 0.357. The van der Waals surface area contributed by atoms with Gasteiger partial charge in [0, 0.05) is 5.75 Å². The molecule has 7 heteroatoms. The molecular weight excluding hydrogens is 440 g/mol. The SMILES string of the molecule is COc1ccc(C(NC(=O)CSCc2nc3ccccc3s2)c2ccc(OC)cc2)cc1. The number of rotatable bonds is 9. The van der Waals surface area contributed by atoms with Crippen molar-refractivity contribution in [3.8, 4) is 11.5 Å². The van der Waals surface area contributed by atoms with Crippen LogP contribution in [0.3, 0.4) is 0 Å². The number of hydrogen-bond donors (Lipinski definition) is 1. The monoisotopic (exact) mass is 464 g/mol. The van der Waals surface area contributed by atoms with Gasteiger partial charge in [-0.15, -0.1) is 23.1 Å². The molecule has 0 aliphatic rings. The molecule has 0 fully saturated rings. The van der Waals surface area contributed by atoms with Gasteiger partial charge in [0.2, 0.25) is 5.91 Å². The highest BCUT2D eigenvalue weighted by atomic mass is 32.2. The van der Waals surface area contributed by atoms with Crippen molar-refractivity contribution in [1.82, 2.24) is 10.3 Å². The van der Waals surface area contributed by atoms with E-state index in [-0.39, 0.29) is 11.9 Å². The van der Waals surface area contributed by atoms with E-state index in [4.69, 9.17) is 9.47 Å². The largest absolute Gasteiger partial charge is 0.497 e. The lowest BCUT2D eigenvalue weighted by Gasteiger charge is -2.20. The van der Waals surface area contributed by atoms with E-state index in [1.807, 2.05) is 66.7 Å². The lowest BCUT2D eigenvalue weighted by atomic mass is 9.98. The van der Waals surface area contributed by atoms with Gasteiger partial charge in [0.25, 0.3) is 0 Å². The van der Waals surface area contributed by atoms with Crippen LogP contribution >= 0.6 is 23.1 Å². The second-order valence-corrected chi connectivity index (χ2v) is 9.22. The molecule has 4 aromatic rings. The van der Waals surface area contributed by atoms with Crippen molar-refractivity contribution in [2.75, 3.05) is 20.0 Å². The topological polar surface area (TPSA) is 60.5 Å². The zero-order chi connectivity index (χ0) is 22.3. The van der Waals surface area contributed by atoms with Crippen LogP contribution < -0.4 is 14.8 Å². The molecule has 1 amide bonds. The summed E-state index contributed by atoms with van der Waals surface area (Å²) >= 11 is 3.25. The van der Waals surface area contributed by atoms with E-state index in [1.165, 1.54) is 4.70 Å². The summed E-state index contributed by atoms with van der Waals surface area (Å²) < 4.78 is 11.7. The summed E-state index contributed by atoms with van der Waals surface area (Å²) in [5, 5.41) is 4.21. The van der Waals surface area contributed by atoms with Gasteiger partial charge in [0.1, 0.15) is 16.5 Å². The molecule has 1 aromatic heterocycles. The lowest BCUT2D eigenvalue weighted by molar-refractivity contribution is -0.119. The van der Waals surface area contributed by atoms with Gasteiger partial charge in [-0.3, -0.25) is 4.79 Å². The molecule has 0 saturated heterocycles. The molecule has 1 heterocycles. The highest BCUT2D eigenvalue weighted by molar-refractivity contribution is 7.99. The Morgan fingerprint density at radius 2 is 1.53 bits per heavy atom. The van der Waals surface area contributed by atoms with E-state index in [9.17, 15) is 4.79 Å². The third kappa shape index (κ3) is 5.41. The van der Waals surface area contributed by atoms with E-state index >= 15 is 0 Å². The van der Waals surface area contributed by atoms with Crippen LogP contribution in [0.4, 0.5) is 0 Å². The van der Waals surface area contributed by atoms with Gasteiger partial charge < -0.3 is 14.8 Å². The van der Waals surface area contributed by atoms with Crippen LogP contribution in [0.1, 0.15) is 22.2 Å². The highest BCUT2D eigenvalue weighted by Gasteiger charge is 2.17. The molecule has 164 valence electrons. The van der Waals surface area contributed by atoms with Gasteiger partial charge in [0.15, 0.2) is 0 Å². The number of para-hydroxylation sites is 1. The van der Waals surface area contributed by atoms with E-state index in [0.29, 0.717) is 11.5 Å². The molecule has 1 N–H and O–H groups in total. The van der Waals surface area contributed by atoms with Gasteiger partial charge in [-0.25, -0.2) is 4.98 Å². The molecule has 0 bridgehead atoms. The first-order valence-electron chi connectivity index (χ1n) is 10.2. The number of nitrogens with one attached hydrogen (secondary N) is 1. The molecule has 0 spiro atoms. The van der Waals surface area contributed by atoms with E-state index in [1.54, 1.807) is 37.3 Å². The third-order valence-electron chi connectivity index (χ3n) is 5.00. The Bertz CT molecular complexity index is 1090. The molecule has 0 saturated carbocycles. The number of benzene rings is 3. The van der Waals surface area contributed by atoms with Gasteiger partial charge in [0.05, 0.1) is 36.2 Å². The Hall–Kier alpha value is -3.03. The molecule has 5 nitrogen and oxygen atoms in total. The van der Waals surface area contributed by atoms with Crippen molar-refractivity contribution < 1.29 is 14.3 Å². The van der Waals surface area contributed by atoms with Crippen LogP contribution in [0.15, 0.2) is 72.8 Å². The van der Waals surface area contributed by atoms with Crippen LogP contribution in [0.25, 0.3) is 10.2 Å². The summed E-state index contributed by atoms with van der Waals surface area (Å²) in [7, 11) is 3.28. The number of thiazole rings is 1. The average molecular weight is 465 g/mol. The molecule has 0 aliphatic heterocycles. The van der Waals surface area contributed by atoms with Crippen LogP contribution in [-0.4, -0.2) is 30.9 Å². The normalized spacial score (nSPS) is 11.0. The Morgan fingerprint density at radius 3 is 2.09 bits per heavy atom. The molecule has 0 aliphatic carbocycles. The number of methoxy groups -OCH3 is 2. The summed E-state index contributed by atoms with van der Waals surface area (Å²) in [6.45, 7) is 0. The van der Waals surface area contributed by atoms with Crippen molar-refractivity contribution in [3.05, 3.63) is 88.9 Å². The standard InChI is InChI=1S/C25H24N2O3S2/c1-29-19-11-7-17(8-12-19)25(18-9-13-20(30-2)14-10-18)27-23(28)15-31-16-24-26-21-5-3-4-6-22(21)32-24/h3-14,25H,15-16H2,1-2H3,(H,27,28). The summed E-state index contributed by atoms with van der Waals surface area (Å²) in [6.07, 6.45) is 0. The average Bonchev–Trinajstić information content (AvgIpc) is 3.25. The van der Waals surface area contributed by atoms with Crippen molar-refractivity contribution in [2.45, 2.75) is 11.8 Å². The van der Waals surface area contributed by atoms with Crippen LogP contribution in [0.2, 0.25) is 0 Å². The second kappa shape index (κ2) is 10.5. The fourth-order valence-electron chi connectivity index (χ4n) is 3.37. The van der Waals surface area contributed by atoms with Gasteiger partial charge in [-0.1, -0.05) is 36.4 Å². The number of thioether (sulfide) groups is 1. The predicted molar refractivity (Wildman–Crippen MR) is 132 cm³/mol. The third-order valence-corrected chi connectivity index (χ3v) is 7.16. The van der Waals surface area contributed by atoms with Crippen molar-refractivity contribution in [2.24, 2.45) is 0 Å². The predicted octanol–water partition coefficient (Wildman–Crippen LogP) is 5.45. The molecule has 0 radical (unpaired) electrons. The first-order chi connectivity index (χ1) is 15.7. The van der Waals surface area contributed by atoms with Gasteiger partial charge in [-0.05, 0) is 47.5 Å². The van der Waals surface area contributed by atoms with E-state index in [2.05, 4.69) is 16.4 Å². The molecule has 0 unspecified atom stereocenters. The number of aromatic nitrogens is 1. The maximum atomic E-state index is 12.8. The van der Waals surface area contributed by atoms with Crippen molar-refractivity contribution in [1.29, 1.82) is 0 Å². The Labute approximate surface area is 195 Å². The Morgan fingerprint density at radius 1 is 0.938 bits per heavy atom. The zero-order valence-corrected chi connectivity index (χ0v) is 19.5. The minimum atomic E-state index is -0.262. The molecule has 0 atom stereocenters.